The molecular formula is C17H18O4. The molecule has 0 saturated heterocycles. The number of rotatable bonds is 4. The summed E-state index contributed by atoms with van der Waals surface area (Å²) in [6.07, 6.45) is 6.36. The van der Waals surface area contributed by atoms with Crippen LogP contribution in [-0.2, 0) is 20.9 Å². The summed E-state index contributed by atoms with van der Waals surface area (Å²) < 4.78 is 10.0. The van der Waals surface area contributed by atoms with Crippen LogP contribution in [0.15, 0.2) is 36.4 Å². The summed E-state index contributed by atoms with van der Waals surface area (Å²) in [6.45, 7) is 0.248. The van der Waals surface area contributed by atoms with E-state index in [2.05, 4.69) is 16.9 Å². The van der Waals surface area contributed by atoms with Gasteiger partial charge in [-0.05, 0) is 42.4 Å². The third-order valence-electron chi connectivity index (χ3n) is 4.34. The Morgan fingerprint density at radius 2 is 1.90 bits per heavy atom. The number of hydrogen-bond acceptors (Lipinski definition) is 4. The summed E-state index contributed by atoms with van der Waals surface area (Å²) in [5, 5.41) is 0. The quantitative estimate of drug-likeness (QED) is 0.631. The Bertz CT molecular complexity index is 573. The number of esters is 2. The largest absolute Gasteiger partial charge is 0.465 e. The lowest BCUT2D eigenvalue weighted by Gasteiger charge is -2.16. The summed E-state index contributed by atoms with van der Waals surface area (Å²) in [7, 11) is 1.35. The third kappa shape index (κ3) is 2.84. The zero-order valence-electron chi connectivity index (χ0n) is 12.0. The van der Waals surface area contributed by atoms with Gasteiger partial charge in [0, 0.05) is 0 Å². The fourth-order valence-electron chi connectivity index (χ4n) is 3.17. The van der Waals surface area contributed by atoms with Crippen molar-refractivity contribution in [3.05, 3.63) is 47.5 Å². The van der Waals surface area contributed by atoms with Gasteiger partial charge in [0.15, 0.2) is 0 Å². The van der Waals surface area contributed by atoms with E-state index in [0.717, 1.165) is 18.4 Å². The highest BCUT2D eigenvalue weighted by atomic mass is 16.5. The normalized spacial score (nSPS) is 25.9. The molecule has 3 unspecified atom stereocenters. The number of allylic oxidation sites excluding steroid dienone is 2. The van der Waals surface area contributed by atoms with Gasteiger partial charge < -0.3 is 9.47 Å². The molecule has 3 atom stereocenters. The first-order valence-electron chi connectivity index (χ1n) is 7.19. The van der Waals surface area contributed by atoms with E-state index in [1.807, 2.05) is 0 Å². The maximum atomic E-state index is 12.1. The monoisotopic (exact) mass is 286 g/mol. The SMILES string of the molecule is COC(=O)c1ccc(COC(=O)C2CC3C=CC2C3)cc1. The predicted molar refractivity (Wildman–Crippen MR) is 76.4 cm³/mol. The molecule has 2 aliphatic rings. The van der Waals surface area contributed by atoms with E-state index >= 15 is 0 Å². The van der Waals surface area contributed by atoms with Gasteiger partial charge in [-0.15, -0.1) is 0 Å². The van der Waals surface area contributed by atoms with Gasteiger partial charge in [0.2, 0.25) is 0 Å². The molecule has 2 bridgehead atoms. The smallest absolute Gasteiger partial charge is 0.337 e. The van der Waals surface area contributed by atoms with E-state index in [-0.39, 0.29) is 24.5 Å². The Kier molecular flexibility index (Phi) is 3.78. The molecule has 3 rings (SSSR count). The van der Waals surface area contributed by atoms with Gasteiger partial charge in [0.1, 0.15) is 6.61 Å². The second-order valence-corrected chi connectivity index (χ2v) is 5.68. The van der Waals surface area contributed by atoms with Crippen molar-refractivity contribution in [3.63, 3.8) is 0 Å². The first kappa shape index (κ1) is 13.9. The van der Waals surface area contributed by atoms with Crippen LogP contribution < -0.4 is 0 Å². The molecule has 1 fully saturated rings. The summed E-state index contributed by atoms with van der Waals surface area (Å²) in [5.41, 5.74) is 1.36. The Morgan fingerprint density at radius 3 is 2.48 bits per heavy atom. The van der Waals surface area contributed by atoms with E-state index in [9.17, 15) is 9.59 Å². The minimum Gasteiger partial charge on any atom is -0.465 e. The summed E-state index contributed by atoms with van der Waals surface area (Å²) in [4.78, 5) is 23.4. The second-order valence-electron chi connectivity index (χ2n) is 5.68. The lowest BCUT2D eigenvalue weighted by molar-refractivity contribution is -0.150. The summed E-state index contributed by atoms with van der Waals surface area (Å²) in [6, 6.07) is 6.91. The molecule has 110 valence electrons. The van der Waals surface area contributed by atoms with Gasteiger partial charge in [0.25, 0.3) is 0 Å². The van der Waals surface area contributed by atoms with Crippen molar-refractivity contribution in [1.82, 2.24) is 0 Å². The van der Waals surface area contributed by atoms with Gasteiger partial charge in [-0.25, -0.2) is 4.79 Å². The molecule has 0 heterocycles. The van der Waals surface area contributed by atoms with Crippen LogP contribution >= 0.6 is 0 Å². The van der Waals surface area contributed by atoms with Crippen LogP contribution in [-0.4, -0.2) is 19.0 Å². The third-order valence-corrected chi connectivity index (χ3v) is 4.34. The van der Waals surface area contributed by atoms with Crippen LogP contribution in [0, 0.1) is 17.8 Å². The number of carbonyl (C=O) groups excluding carboxylic acids is 2. The molecule has 1 saturated carbocycles. The van der Waals surface area contributed by atoms with Crippen molar-refractivity contribution in [1.29, 1.82) is 0 Å². The lowest BCUT2D eigenvalue weighted by atomic mass is 9.94. The van der Waals surface area contributed by atoms with Crippen molar-refractivity contribution in [3.8, 4) is 0 Å². The van der Waals surface area contributed by atoms with Gasteiger partial charge >= 0.3 is 11.9 Å². The molecule has 1 aromatic rings. The van der Waals surface area contributed by atoms with Crippen molar-refractivity contribution in [2.45, 2.75) is 19.4 Å². The fraction of sp³-hybridized carbons (Fsp3) is 0.412. The molecule has 0 spiro atoms. The van der Waals surface area contributed by atoms with Crippen LogP contribution in [0.3, 0.4) is 0 Å². The molecule has 4 heteroatoms. The van der Waals surface area contributed by atoms with Gasteiger partial charge in [-0.2, -0.15) is 0 Å². The average Bonchev–Trinajstić information content (AvgIpc) is 3.15. The van der Waals surface area contributed by atoms with E-state index in [0.29, 0.717) is 17.4 Å². The topological polar surface area (TPSA) is 52.6 Å². The highest BCUT2D eigenvalue weighted by Crippen LogP contribution is 2.43. The molecule has 0 aliphatic heterocycles. The Morgan fingerprint density at radius 1 is 1.14 bits per heavy atom. The first-order chi connectivity index (χ1) is 10.2. The fourth-order valence-corrected chi connectivity index (χ4v) is 3.17. The van der Waals surface area contributed by atoms with Crippen molar-refractivity contribution in [2.75, 3.05) is 7.11 Å². The highest BCUT2D eigenvalue weighted by molar-refractivity contribution is 5.89. The minimum absolute atomic E-state index is 0.0225. The maximum absolute atomic E-state index is 12.1. The number of carbonyl (C=O) groups is 2. The summed E-state index contributed by atoms with van der Waals surface area (Å²) >= 11 is 0. The standard InChI is InChI=1S/C17H18O4/c1-20-16(18)13-5-2-11(3-6-13)10-21-17(19)15-9-12-4-7-14(15)8-12/h2-7,12,14-15H,8-10H2,1H3. The van der Waals surface area contributed by atoms with Crippen LogP contribution in [0.4, 0.5) is 0 Å². The Hall–Kier alpha value is -2.10. The molecule has 4 nitrogen and oxygen atoms in total. The molecule has 0 radical (unpaired) electrons. The average molecular weight is 286 g/mol. The zero-order chi connectivity index (χ0) is 14.8. The molecule has 0 N–H and O–H groups in total. The number of ether oxygens (including phenoxy) is 2. The van der Waals surface area contributed by atoms with Gasteiger partial charge in [-0.3, -0.25) is 4.79 Å². The van der Waals surface area contributed by atoms with Crippen LogP contribution in [0.5, 0.6) is 0 Å². The highest BCUT2D eigenvalue weighted by Gasteiger charge is 2.40. The first-order valence-corrected chi connectivity index (χ1v) is 7.19. The van der Waals surface area contributed by atoms with E-state index in [1.54, 1.807) is 24.3 Å². The number of benzene rings is 1. The number of hydrogen-bond donors (Lipinski definition) is 0. The van der Waals surface area contributed by atoms with Crippen LogP contribution in [0.25, 0.3) is 0 Å². The Labute approximate surface area is 123 Å². The van der Waals surface area contributed by atoms with E-state index < -0.39 is 0 Å². The maximum Gasteiger partial charge on any atom is 0.337 e. The van der Waals surface area contributed by atoms with E-state index in [4.69, 9.17) is 4.74 Å². The van der Waals surface area contributed by atoms with Gasteiger partial charge in [0.05, 0.1) is 18.6 Å². The summed E-state index contributed by atoms with van der Waals surface area (Å²) in [5.74, 6) is 0.474. The number of fused-ring (bicyclic) bond motifs is 2. The zero-order valence-corrected chi connectivity index (χ0v) is 12.0. The molecule has 21 heavy (non-hydrogen) atoms. The predicted octanol–water partition coefficient (Wildman–Crippen LogP) is 2.73. The Balaban J connectivity index is 1.54. The van der Waals surface area contributed by atoms with Crippen LogP contribution in [0.2, 0.25) is 0 Å². The van der Waals surface area contributed by atoms with Crippen molar-refractivity contribution >= 4 is 11.9 Å². The lowest BCUT2D eigenvalue weighted by Crippen LogP contribution is -2.21. The minimum atomic E-state index is -0.368. The molecule has 1 aromatic carbocycles. The van der Waals surface area contributed by atoms with E-state index in [1.165, 1.54) is 7.11 Å². The van der Waals surface area contributed by atoms with Crippen LogP contribution in [0.1, 0.15) is 28.8 Å². The molecule has 0 aromatic heterocycles. The van der Waals surface area contributed by atoms with Gasteiger partial charge in [-0.1, -0.05) is 24.3 Å². The molecule has 0 amide bonds. The second kappa shape index (κ2) is 5.72. The molecular weight excluding hydrogens is 268 g/mol. The number of methoxy groups -OCH3 is 1. The van der Waals surface area contributed by atoms with Crippen molar-refractivity contribution in [2.24, 2.45) is 17.8 Å². The molecule has 2 aliphatic carbocycles. The van der Waals surface area contributed by atoms with Crippen molar-refractivity contribution < 1.29 is 19.1 Å².